The number of hydrogen-bond donors (Lipinski definition) is 1. The second-order valence-corrected chi connectivity index (χ2v) is 8.58. The second-order valence-electron chi connectivity index (χ2n) is 6.32. The van der Waals surface area contributed by atoms with Crippen LogP contribution >= 0.6 is 0 Å². The van der Waals surface area contributed by atoms with Gasteiger partial charge in [-0.2, -0.15) is 0 Å². The third-order valence-electron chi connectivity index (χ3n) is 4.43. The predicted octanol–water partition coefficient (Wildman–Crippen LogP) is 0.183. The Labute approximate surface area is 126 Å². The lowest BCUT2D eigenvalue weighted by Gasteiger charge is -2.41. The van der Waals surface area contributed by atoms with Gasteiger partial charge in [0.25, 0.3) is 0 Å². The van der Waals surface area contributed by atoms with Crippen molar-refractivity contribution >= 4 is 21.7 Å². The van der Waals surface area contributed by atoms with Crippen molar-refractivity contribution in [2.24, 2.45) is 11.8 Å². The minimum absolute atomic E-state index is 0.00802. The molecule has 0 radical (unpaired) electrons. The van der Waals surface area contributed by atoms with Gasteiger partial charge < -0.3 is 10.2 Å². The maximum absolute atomic E-state index is 12.6. The van der Waals surface area contributed by atoms with Crippen molar-refractivity contribution in [2.75, 3.05) is 18.6 Å². The summed E-state index contributed by atoms with van der Waals surface area (Å²) in [5.41, 5.74) is 0. The molecule has 1 heterocycles. The Morgan fingerprint density at radius 1 is 1.33 bits per heavy atom. The van der Waals surface area contributed by atoms with Gasteiger partial charge >= 0.3 is 0 Å². The summed E-state index contributed by atoms with van der Waals surface area (Å²) in [6.45, 7) is 3.98. The van der Waals surface area contributed by atoms with Gasteiger partial charge in [-0.1, -0.05) is 20.3 Å². The van der Waals surface area contributed by atoms with Crippen LogP contribution in [0.25, 0.3) is 0 Å². The summed E-state index contributed by atoms with van der Waals surface area (Å²) in [5, 5.41) is 2.84. The molecule has 0 spiro atoms. The topological polar surface area (TPSA) is 83.6 Å². The monoisotopic (exact) mass is 316 g/mol. The van der Waals surface area contributed by atoms with Crippen LogP contribution in [0.3, 0.4) is 0 Å². The first kappa shape index (κ1) is 16.3. The maximum Gasteiger partial charge on any atom is 0.246 e. The van der Waals surface area contributed by atoms with Crippen molar-refractivity contribution in [1.82, 2.24) is 10.2 Å². The van der Waals surface area contributed by atoms with Crippen molar-refractivity contribution in [1.29, 1.82) is 0 Å². The average molecular weight is 316 g/mol. The Hall–Kier alpha value is -1.11. The van der Waals surface area contributed by atoms with Gasteiger partial charge in [-0.25, -0.2) is 8.42 Å². The fraction of sp³-hybridized carbons (Fsp3) is 0.857. The van der Waals surface area contributed by atoms with E-state index in [2.05, 4.69) is 5.32 Å². The smallest absolute Gasteiger partial charge is 0.246 e. The van der Waals surface area contributed by atoms with Crippen LogP contribution in [0.15, 0.2) is 0 Å². The molecular formula is C14H24N2O4S. The molecular weight excluding hydrogens is 292 g/mol. The van der Waals surface area contributed by atoms with Gasteiger partial charge in [0.2, 0.25) is 11.8 Å². The van der Waals surface area contributed by atoms with Crippen molar-refractivity contribution in [2.45, 2.75) is 45.2 Å². The molecule has 0 aromatic rings. The van der Waals surface area contributed by atoms with Crippen LogP contribution in [0.5, 0.6) is 0 Å². The van der Waals surface area contributed by atoms with Crippen molar-refractivity contribution in [3.63, 3.8) is 0 Å². The van der Waals surface area contributed by atoms with Crippen LogP contribution in [-0.2, 0) is 19.4 Å². The highest BCUT2D eigenvalue weighted by Gasteiger charge is 2.47. The van der Waals surface area contributed by atoms with E-state index < -0.39 is 21.9 Å². The number of sulfone groups is 1. The van der Waals surface area contributed by atoms with Gasteiger partial charge in [0.1, 0.15) is 21.9 Å². The maximum atomic E-state index is 12.6. The molecule has 21 heavy (non-hydrogen) atoms. The predicted molar refractivity (Wildman–Crippen MR) is 79.3 cm³/mol. The normalized spacial score (nSPS) is 28.4. The number of carbonyl (C=O) groups excluding carboxylic acids is 2. The van der Waals surface area contributed by atoms with E-state index in [-0.39, 0.29) is 35.9 Å². The van der Waals surface area contributed by atoms with E-state index in [4.69, 9.17) is 0 Å². The van der Waals surface area contributed by atoms with E-state index in [9.17, 15) is 18.0 Å². The van der Waals surface area contributed by atoms with Crippen LogP contribution in [0.1, 0.15) is 33.1 Å². The van der Waals surface area contributed by atoms with Gasteiger partial charge in [0, 0.05) is 12.8 Å². The van der Waals surface area contributed by atoms with E-state index in [0.717, 1.165) is 25.5 Å². The van der Waals surface area contributed by atoms with Crippen LogP contribution in [0.4, 0.5) is 0 Å². The number of rotatable bonds is 6. The molecule has 6 nitrogen and oxygen atoms in total. The molecule has 3 atom stereocenters. The fourth-order valence-electron chi connectivity index (χ4n) is 2.81. The van der Waals surface area contributed by atoms with Gasteiger partial charge in [0.15, 0.2) is 0 Å². The first-order valence-corrected chi connectivity index (χ1v) is 9.59. The third kappa shape index (κ3) is 3.75. The van der Waals surface area contributed by atoms with Crippen molar-refractivity contribution in [3.05, 3.63) is 0 Å². The lowest BCUT2D eigenvalue weighted by molar-refractivity contribution is -0.151. The highest BCUT2D eigenvalue weighted by Crippen LogP contribution is 2.35. The zero-order chi connectivity index (χ0) is 15.8. The SMILES string of the molecule is CCC(C)C1C(=O)NC(C2CC2)C(=O)N1CCS(C)(=O)=O. The van der Waals surface area contributed by atoms with Crippen LogP contribution in [0, 0.1) is 11.8 Å². The summed E-state index contributed by atoms with van der Waals surface area (Å²) >= 11 is 0. The Morgan fingerprint density at radius 3 is 2.43 bits per heavy atom. The number of nitrogens with zero attached hydrogens (tertiary/aromatic N) is 1. The molecule has 2 rings (SSSR count). The summed E-state index contributed by atoms with van der Waals surface area (Å²) in [6, 6.07) is -1.02. The molecule has 2 aliphatic rings. The molecule has 7 heteroatoms. The highest BCUT2D eigenvalue weighted by molar-refractivity contribution is 7.90. The number of carbonyl (C=O) groups is 2. The third-order valence-corrected chi connectivity index (χ3v) is 5.35. The Morgan fingerprint density at radius 2 is 1.95 bits per heavy atom. The van der Waals surface area contributed by atoms with E-state index in [1.54, 1.807) is 0 Å². The fourth-order valence-corrected chi connectivity index (χ4v) is 3.34. The van der Waals surface area contributed by atoms with E-state index >= 15 is 0 Å². The van der Waals surface area contributed by atoms with E-state index in [1.165, 1.54) is 4.90 Å². The molecule has 3 unspecified atom stereocenters. The Bertz CT molecular complexity index is 527. The average Bonchev–Trinajstić information content (AvgIpc) is 3.21. The molecule has 2 fully saturated rings. The van der Waals surface area contributed by atoms with Gasteiger partial charge in [-0.15, -0.1) is 0 Å². The molecule has 0 aromatic carbocycles. The van der Waals surface area contributed by atoms with Crippen LogP contribution in [-0.4, -0.2) is 55.8 Å². The molecule has 1 aliphatic heterocycles. The molecule has 1 saturated carbocycles. The molecule has 120 valence electrons. The van der Waals surface area contributed by atoms with E-state index in [1.807, 2.05) is 13.8 Å². The Balaban J connectivity index is 2.21. The number of hydrogen-bond acceptors (Lipinski definition) is 4. The number of piperazine rings is 1. The largest absolute Gasteiger partial charge is 0.342 e. The molecule has 1 aliphatic carbocycles. The summed E-state index contributed by atoms with van der Waals surface area (Å²) in [4.78, 5) is 26.5. The summed E-state index contributed by atoms with van der Waals surface area (Å²) in [7, 11) is -3.17. The van der Waals surface area contributed by atoms with Crippen LogP contribution < -0.4 is 5.32 Å². The summed E-state index contributed by atoms with van der Waals surface area (Å²) in [6.07, 6.45) is 3.81. The van der Waals surface area contributed by atoms with Crippen molar-refractivity contribution < 1.29 is 18.0 Å². The minimum Gasteiger partial charge on any atom is -0.342 e. The zero-order valence-electron chi connectivity index (χ0n) is 12.8. The van der Waals surface area contributed by atoms with Gasteiger partial charge in [0.05, 0.1) is 5.75 Å². The van der Waals surface area contributed by atoms with Crippen LogP contribution in [0.2, 0.25) is 0 Å². The Kier molecular flexibility index (Phi) is 4.60. The molecule has 1 N–H and O–H groups in total. The molecule has 1 saturated heterocycles. The number of amides is 2. The summed E-state index contributed by atoms with van der Waals surface area (Å²) < 4.78 is 22.8. The second kappa shape index (κ2) is 5.94. The van der Waals surface area contributed by atoms with E-state index in [0.29, 0.717) is 0 Å². The lowest BCUT2D eigenvalue weighted by Crippen LogP contribution is -2.66. The quantitative estimate of drug-likeness (QED) is 0.758. The first-order valence-electron chi connectivity index (χ1n) is 7.53. The highest BCUT2D eigenvalue weighted by atomic mass is 32.2. The minimum atomic E-state index is -3.17. The first-order chi connectivity index (χ1) is 9.74. The van der Waals surface area contributed by atoms with Gasteiger partial charge in [-0.3, -0.25) is 9.59 Å². The lowest BCUT2D eigenvalue weighted by atomic mass is 9.92. The zero-order valence-corrected chi connectivity index (χ0v) is 13.6. The molecule has 2 amide bonds. The van der Waals surface area contributed by atoms with Gasteiger partial charge in [-0.05, 0) is 24.7 Å². The summed E-state index contributed by atoms with van der Waals surface area (Å²) in [5.74, 6) is -0.134. The molecule has 0 aromatic heterocycles. The van der Waals surface area contributed by atoms with Crippen molar-refractivity contribution in [3.8, 4) is 0 Å². The number of nitrogens with one attached hydrogen (secondary N) is 1. The standard InChI is InChI=1S/C14H24N2O4S/c1-4-9(2)12-13(17)15-11(10-5-6-10)14(18)16(12)7-8-21(3,19)20/h9-12H,4-8H2,1-3H3,(H,15,17). The molecule has 0 bridgehead atoms.